The molecule has 1 aliphatic rings. The van der Waals surface area contributed by atoms with Crippen LogP contribution in [0, 0.1) is 5.92 Å². The molecule has 1 saturated heterocycles. The number of rotatable bonds is 5. The number of nitrogens with one attached hydrogen (secondary N) is 1. The van der Waals surface area contributed by atoms with Crippen LogP contribution in [0.4, 0.5) is 5.69 Å². The molecule has 3 rings (SSSR count). The summed E-state index contributed by atoms with van der Waals surface area (Å²) in [6.45, 7) is 4.49. The molecular weight excluding hydrogens is 314 g/mol. The number of para-hydroxylation sites is 1. The van der Waals surface area contributed by atoms with E-state index in [9.17, 15) is 4.79 Å². The molecule has 1 aromatic carbocycles. The third-order valence-corrected chi connectivity index (χ3v) is 4.60. The summed E-state index contributed by atoms with van der Waals surface area (Å²) < 4.78 is 5.35. The van der Waals surface area contributed by atoms with Crippen LogP contribution in [0.15, 0.2) is 42.6 Å². The molecule has 5 heteroatoms. The van der Waals surface area contributed by atoms with Gasteiger partial charge in [0.05, 0.1) is 19.0 Å². The Kier molecular flexibility index (Phi) is 5.53. The van der Waals surface area contributed by atoms with Gasteiger partial charge >= 0.3 is 0 Å². The Morgan fingerprint density at radius 2 is 2.16 bits per heavy atom. The standard InChI is InChI=1S/C20H25N3O2/c1-15-6-5-11-23(14-15)20(24)18-10-9-17(13-22-18)21-12-16-7-3-4-8-19(16)25-2/h3-4,7-10,13,15,21H,5-6,11-12,14H2,1-2H3. The number of nitrogens with zero attached hydrogens (tertiary/aromatic N) is 2. The quantitative estimate of drug-likeness (QED) is 0.905. The van der Waals surface area contributed by atoms with Crippen molar-refractivity contribution < 1.29 is 9.53 Å². The van der Waals surface area contributed by atoms with Crippen LogP contribution in [0.3, 0.4) is 0 Å². The summed E-state index contributed by atoms with van der Waals surface area (Å²) in [5, 5.41) is 3.32. The number of carbonyl (C=O) groups excluding carboxylic acids is 1. The first-order valence-corrected chi connectivity index (χ1v) is 8.78. The number of anilines is 1. The minimum absolute atomic E-state index is 0.0304. The highest BCUT2D eigenvalue weighted by Crippen LogP contribution is 2.20. The molecule has 1 aromatic heterocycles. The van der Waals surface area contributed by atoms with Crippen LogP contribution in [0.1, 0.15) is 35.8 Å². The zero-order chi connectivity index (χ0) is 17.6. The van der Waals surface area contributed by atoms with Crippen molar-refractivity contribution in [2.75, 3.05) is 25.5 Å². The van der Waals surface area contributed by atoms with Crippen LogP contribution >= 0.6 is 0 Å². The van der Waals surface area contributed by atoms with E-state index < -0.39 is 0 Å². The van der Waals surface area contributed by atoms with Crippen LogP contribution in [-0.2, 0) is 6.54 Å². The van der Waals surface area contributed by atoms with E-state index in [1.165, 1.54) is 6.42 Å². The smallest absolute Gasteiger partial charge is 0.272 e. The van der Waals surface area contributed by atoms with Gasteiger partial charge in [-0.15, -0.1) is 0 Å². The summed E-state index contributed by atoms with van der Waals surface area (Å²) in [6.07, 6.45) is 3.99. The highest BCUT2D eigenvalue weighted by Gasteiger charge is 2.22. The Labute approximate surface area is 149 Å². The second kappa shape index (κ2) is 8.01. The van der Waals surface area contributed by atoms with E-state index in [-0.39, 0.29) is 5.91 Å². The molecule has 1 atom stereocenters. The number of piperidine rings is 1. The van der Waals surface area contributed by atoms with Crippen molar-refractivity contribution in [1.82, 2.24) is 9.88 Å². The van der Waals surface area contributed by atoms with Gasteiger partial charge in [0, 0.05) is 25.2 Å². The summed E-state index contributed by atoms with van der Waals surface area (Å²) in [4.78, 5) is 18.8. The lowest BCUT2D eigenvalue weighted by Gasteiger charge is -2.30. The molecule has 5 nitrogen and oxygen atoms in total. The second-order valence-corrected chi connectivity index (χ2v) is 6.60. The fourth-order valence-corrected chi connectivity index (χ4v) is 3.21. The van der Waals surface area contributed by atoms with E-state index in [1.54, 1.807) is 19.4 Å². The number of hydrogen-bond acceptors (Lipinski definition) is 4. The lowest BCUT2D eigenvalue weighted by molar-refractivity contribution is 0.0677. The van der Waals surface area contributed by atoms with Crippen LogP contribution < -0.4 is 10.1 Å². The third-order valence-electron chi connectivity index (χ3n) is 4.60. The maximum absolute atomic E-state index is 12.5. The Hall–Kier alpha value is -2.56. The molecule has 1 unspecified atom stereocenters. The van der Waals surface area contributed by atoms with Crippen molar-refractivity contribution in [2.24, 2.45) is 5.92 Å². The number of hydrogen-bond donors (Lipinski definition) is 1. The van der Waals surface area contributed by atoms with Gasteiger partial charge in [0.1, 0.15) is 11.4 Å². The average molecular weight is 339 g/mol. The first-order valence-electron chi connectivity index (χ1n) is 8.78. The molecule has 0 aliphatic carbocycles. The predicted octanol–water partition coefficient (Wildman–Crippen LogP) is 3.57. The first-order chi connectivity index (χ1) is 12.2. The SMILES string of the molecule is COc1ccccc1CNc1ccc(C(=O)N2CCCC(C)C2)nc1. The molecule has 0 saturated carbocycles. The van der Waals surface area contributed by atoms with Crippen LogP contribution in [0.5, 0.6) is 5.75 Å². The number of ether oxygens (including phenoxy) is 1. The maximum Gasteiger partial charge on any atom is 0.272 e. The van der Waals surface area contributed by atoms with Gasteiger partial charge in [-0.25, -0.2) is 4.98 Å². The van der Waals surface area contributed by atoms with Crippen molar-refractivity contribution >= 4 is 11.6 Å². The van der Waals surface area contributed by atoms with Crippen LogP contribution in [0.25, 0.3) is 0 Å². The van der Waals surface area contributed by atoms with Crippen molar-refractivity contribution in [2.45, 2.75) is 26.3 Å². The van der Waals surface area contributed by atoms with Crippen molar-refractivity contribution in [1.29, 1.82) is 0 Å². The fourth-order valence-electron chi connectivity index (χ4n) is 3.21. The van der Waals surface area contributed by atoms with E-state index in [2.05, 4.69) is 17.2 Å². The minimum atomic E-state index is 0.0304. The predicted molar refractivity (Wildman–Crippen MR) is 98.9 cm³/mol. The molecule has 0 spiro atoms. The van der Waals surface area contributed by atoms with Gasteiger partial charge in [-0.1, -0.05) is 25.1 Å². The largest absolute Gasteiger partial charge is 0.496 e. The van der Waals surface area contributed by atoms with Crippen LogP contribution in [0.2, 0.25) is 0 Å². The zero-order valence-electron chi connectivity index (χ0n) is 14.9. The van der Waals surface area contributed by atoms with E-state index >= 15 is 0 Å². The number of carbonyl (C=O) groups is 1. The number of methoxy groups -OCH3 is 1. The summed E-state index contributed by atoms with van der Waals surface area (Å²) in [5.41, 5.74) is 2.47. The van der Waals surface area contributed by atoms with Gasteiger partial charge in [0.2, 0.25) is 0 Å². The Balaban J connectivity index is 1.61. The van der Waals surface area contributed by atoms with Gasteiger partial charge in [0.25, 0.3) is 5.91 Å². The van der Waals surface area contributed by atoms with Crippen LogP contribution in [-0.4, -0.2) is 36.0 Å². The molecule has 0 bridgehead atoms. The Morgan fingerprint density at radius 1 is 1.32 bits per heavy atom. The number of aromatic nitrogens is 1. The number of benzene rings is 1. The maximum atomic E-state index is 12.5. The highest BCUT2D eigenvalue weighted by molar-refractivity contribution is 5.92. The lowest BCUT2D eigenvalue weighted by Crippen LogP contribution is -2.39. The summed E-state index contributed by atoms with van der Waals surface area (Å²) in [7, 11) is 1.67. The van der Waals surface area contributed by atoms with Crippen molar-refractivity contribution in [3.63, 3.8) is 0 Å². The summed E-state index contributed by atoms with van der Waals surface area (Å²) in [6, 6.07) is 11.6. The molecule has 2 aromatic rings. The Morgan fingerprint density at radius 3 is 2.88 bits per heavy atom. The molecule has 2 heterocycles. The molecule has 25 heavy (non-hydrogen) atoms. The molecule has 1 aliphatic heterocycles. The van der Waals surface area contributed by atoms with Gasteiger partial charge in [0.15, 0.2) is 0 Å². The number of amides is 1. The third kappa shape index (κ3) is 4.29. The fraction of sp³-hybridized carbons (Fsp3) is 0.400. The lowest BCUT2D eigenvalue weighted by atomic mass is 10.00. The second-order valence-electron chi connectivity index (χ2n) is 6.60. The van der Waals surface area contributed by atoms with Gasteiger partial charge in [-0.05, 0) is 37.0 Å². The average Bonchev–Trinajstić information content (AvgIpc) is 2.66. The van der Waals surface area contributed by atoms with Gasteiger partial charge in [-0.2, -0.15) is 0 Å². The normalized spacial score (nSPS) is 17.2. The molecule has 132 valence electrons. The topological polar surface area (TPSA) is 54.5 Å². The van der Waals surface area contributed by atoms with Crippen molar-refractivity contribution in [3.8, 4) is 5.75 Å². The first kappa shape index (κ1) is 17.3. The highest BCUT2D eigenvalue weighted by atomic mass is 16.5. The van der Waals surface area contributed by atoms with Gasteiger partial charge < -0.3 is 15.0 Å². The molecule has 0 radical (unpaired) electrons. The molecular formula is C20H25N3O2. The number of pyridine rings is 1. The van der Waals surface area contributed by atoms with E-state index in [0.29, 0.717) is 18.2 Å². The van der Waals surface area contributed by atoms with E-state index in [0.717, 1.165) is 36.5 Å². The molecule has 1 amide bonds. The Bertz CT molecular complexity index is 715. The minimum Gasteiger partial charge on any atom is -0.496 e. The summed E-state index contributed by atoms with van der Waals surface area (Å²) >= 11 is 0. The zero-order valence-corrected chi connectivity index (χ0v) is 14.9. The number of likely N-dealkylation sites (tertiary alicyclic amines) is 1. The van der Waals surface area contributed by atoms with Gasteiger partial charge in [-0.3, -0.25) is 4.79 Å². The van der Waals surface area contributed by atoms with E-state index in [4.69, 9.17) is 4.74 Å². The molecule has 1 N–H and O–H groups in total. The monoisotopic (exact) mass is 339 g/mol. The van der Waals surface area contributed by atoms with E-state index in [1.807, 2.05) is 35.2 Å². The van der Waals surface area contributed by atoms with Crippen molar-refractivity contribution in [3.05, 3.63) is 53.9 Å². The molecule has 1 fully saturated rings. The summed E-state index contributed by atoms with van der Waals surface area (Å²) in [5.74, 6) is 1.45.